The van der Waals surface area contributed by atoms with Crippen LogP contribution in [0.5, 0.6) is 0 Å². The summed E-state index contributed by atoms with van der Waals surface area (Å²) < 4.78 is 22.4. The van der Waals surface area contributed by atoms with Gasteiger partial charge >= 0.3 is 11.9 Å². The van der Waals surface area contributed by atoms with Crippen LogP contribution in [0.1, 0.15) is 162 Å². The average molecular weight is 736 g/mol. The Morgan fingerprint density at radius 1 is 0.577 bits per heavy atom. The molecule has 9 nitrogen and oxygen atoms in total. The van der Waals surface area contributed by atoms with Crippen LogP contribution in [0.4, 0.5) is 0 Å². The minimum atomic E-state index is -1.62. The van der Waals surface area contributed by atoms with Crippen molar-refractivity contribution in [3.8, 4) is 0 Å². The Kier molecular flexibility index (Phi) is 33.8. The SMILES string of the molecule is CCCCC/C=C\C/C=C\C/C=C\CCCCCCCCC(=O)OC(COC(=O)CCCCCCCCCC)COC(OCC[N+](C)(C)C)C(=O)[O-]. The zero-order valence-corrected chi connectivity index (χ0v) is 33.9. The van der Waals surface area contributed by atoms with E-state index in [0.29, 0.717) is 17.4 Å². The second kappa shape index (κ2) is 35.5. The molecule has 0 saturated carbocycles. The van der Waals surface area contributed by atoms with Gasteiger partial charge in [0.2, 0.25) is 0 Å². The maximum atomic E-state index is 12.7. The van der Waals surface area contributed by atoms with Gasteiger partial charge in [-0.05, 0) is 51.4 Å². The highest BCUT2D eigenvalue weighted by Crippen LogP contribution is 2.13. The van der Waals surface area contributed by atoms with Gasteiger partial charge in [-0.3, -0.25) is 9.59 Å². The second-order valence-electron chi connectivity index (χ2n) is 14.9. The van der Waals surface area contributed by atoms with Crippen LogP contribution in [-0.4, -0.2) is 82.3 Å². The van der Waals surface area contributed by atoms with E-state index in [1.807, 2.05) is 21.1 Å². The van der Waals surface area contributed by atoms with Crippen molar-refractivity contribution in [3.05, 3.63) is 36.5 Å². The minimum Gasteiger partial charge on any atom is -0.545 e. The van der Waals surface area contributed by atoms with Crippen molar-refractivity contribution in [2.24, 2.45) is 0 Å². The van der Waals surface area contributed by atoms with E-state index in [1.54, 1.807) is 0 Å². The first kappa shape index (κ1) is 49.5. The molecule has 0 aliphatic heterocycles. The highest BCUT2D eigenvalue weighted by molar-refractivity contribution is 5.70. The first-order valence-corrected chi connectivity index (χ1v) is 20.6. The molecule has 0 fully saturated rings. The molecular weight excluding hydrogens is 658 g/mol. The van der Waals surface area contributed by atoms with Crippen LogP contribution in [0.2, 0.25) is 0 Å². The highest BCUT2D eigenvalue weighted by atomic mass is 16.7. The van der Waals surface area contributed by atoms with Crippen molar-refractivity contribution in [2.45, 2.75) is 174 Å². The monoisotopic (exact) mass is 736 g/mol. The summed E-state index contributed by atoms with van der Waals surface area (Å²) in [6, 6.07) is 0. The van der Waals surface area contributed by atoms with Crippen molar-refractivity contribution in [2.75, 3.05) is 47.5 Å². The van der Waals surface area contributed by atoms with Gasteiger partial charge in [0.15, 0.2) is 12.4 Å². The standard InChI is InChI=1S/C43H77NO8/c1-6-8-10-12-14-16-17-18-19-20-21-22-23-24-25-26-28-30-32-34-41(46)52-39(38-51-43(42(47)48)49-36-35-44(3,4)5)37-50-40(45)33-31-29-27-15-13-11-9-7-2/h14,16,18-19,21-22,39,43H,6-13,15,17,20,23-38H2,1-5H3/b16-14-,19-18-,22-21-. The lowest BCUT2D eigenvalue weighted by atomic mass is 10.1. The molecule has 0 spiro atoms. The van der Waals surface area contributed by atoms with E-state index in [1.165, 1.54) is 57.8 Å². The Bertz CT molecular complexity index is 955. The Hall–Kier alpha value is -2.49. The number of allylic oxidation sites excluding steroid dienone is 6. The van der Waals surface area contributed by atoms with Crippen LogP contribution >= 0.6 is 0 Å². The van der Waals surface area contributed by atoms with Crippen molar-refractivity contribution in [3.63, 3.8) is 0 Å². The van der Waals surface area contributed by atoms with Crippen molar-refractivity contribution in [1.82, 2.24) is 0 Å². The Morgan fingerprint density at radius 3 is 1.58 bits per heavy atom. The van der Waals surface area contributed by atoms with Gasteiger partial charge in [-0.15, -0.1) is 0 Å². The number of ether oxygens (including phenoxy) is 4. The predicted octanol–water partition coefficient (Wildman–Crippen LogP) is 8.94. The summed E-state index contributed by atoms with van der Waals surface area (Å²) >= 11 is 0. The quantitative estimate of drug-likeness (QED) is 0.0205. The van der Waals surface area contributed by atoms with E-state index < -0.39 is 24.3 Å². The molecule has 0 aliphatic rings. The lowest BCUT2D eigenvalue weighted by Gasteiger charge is -2.26. The largest absolute Gasteiger partial charge is 0.545 e. The number of carbonyl (C=O) groups is 3. The fourth-order valence-corrected chi connectivity index (χ4v) is 5.36. The molecule has 52 heavy (non-hydrogen) atoms. The lowest BCUT2D eigenvalue weighted by Crippen LogP contribution is -2.44. The van der Waals surface area contributed by atoms with Gasteiger partial charge in [-0.1, -0.05) is 134 Å². The predicted molar refractivity (Wildman–Crippen MR) is 209 cm³/mol. The number of hydrogen-bond donors (Lipinski definition) is 0. The molecule has 0 aromatic heterocycles. The van der Waals surface area contributed by atoms with E-state index in [9.17, 15) is 19.5 Å². The number of nitrogens with zero attached hydrogens (tertiary/aromatic N) is 1. The van der Waals surface area contributed by atoms with E-state index in [0.717, 1.165) is 70.6 Å². The number of carboxylic acids is 1. The number of likely N-dealkylation sites (N-methyl/N-ethyl adjacent to an activating group) is 1. The first-order valence-electron chi connectivity index (χ1n) is 20.6. The topological polar surface area (TPSA) is 111 Å². The smallest absolute Gasteiger partial charge is 0.306 e. The van der Waals surface area contributed by atoms with Crippen LogP contribution in [-0.2, 0) is 33.3 Å². The van der Waals surface area contributed by atoms with Crippen LogP contribution < -0.4 is 5.11 Å². The van der Waals surface area contributed by atoms with E-state index in [2.05, 4.69) is 50.3 Å². The summed E-state index contributed by atoms with van der Waals surface area (Å²) in [6.07, 6.45) is 34.7. The average Bonchev–Trinajstić information content (AvgIpc) is 3.09. The molecule has 9 heteroatoms. The summed E-state index contributed by atoms with van der Waals surface area (Å²) in [7, 11) is 5.89. The molecule has 302 valence electrons. The zero-order chi connectivity index (χ0) is 38.5. The maximum absolute atomic E-state index is 12.7. The number of unbranched alkanes of at least 4 members (excludes halogenated alkanes) is 16. The third kappa shape index (κ3) is 35.9. The van der Waals surface area contributed by atoms with Crippen LogP contribution in [0.25, 0.3) is 0 Å². The number of quaternary nitrogens is 1. The minimum absolute atomic E-state index is 0.145. The number of carbonyl (C=O) groups excluding carboxylic acids is 3. The third-order valence-electron chi connectivity index (χ3n) is 8.64. The summed E-state index contributed by atoms with van der Waals surface area (Å²) in [4.78, 5) is 36.7. The Morgan fingerprint density at radius 2 is 1.04 bits per heavy atom. The molecule has 0 rings (SSSR count). The second-order valence-corrected chi connectivity index (χ2v) is 14.9. The number of rotatable bonds is 37. The van der Waals surface area contributed by atoms with Gasteiger partial charge in [0, 0.05) is 12.8 Å². The molecule has 0 N–H and O–H groups in total. The molecular formula is C43H77NO8. The molecule has 2 atom stereocenters. The van der Waals surface area contributed by atoms with Crippen LogP contribution in [0, 0.1) is 0 Å². The van der Waals surface area contributed by atoms with Gasteiger partial charge in [0.1, 0.15) is 13.2 Å². The summed E-state index contributed by atoms with van der Waals surface area (Å²) in [6.45, 7) is 4.64. The summed E-state index contributed by atoms with van der Waals surface area (Å²) in [5, 5.41) is 11.6. The summed E-state index contributed by atoms with van der Waals surface area (Å²) in [5.41, 5.74) is 0. The van der Waals surface area contributed by atoms with E-state index in [4.69, 9.17) is 18.9 Å². The van der Waals surface area contributed by atoms with E-state index in [-0.39, 0.29) is 38.6 Å². The fraction of sp³-hybridized carbons (Fsp3) is 0.791. The Balaban J connectivity index is 4.45. The molecule has 2 unspecified atom stereocenters. The lowest BCUT2D eigenvalue weighted by molar-refractivity contribution is -0.870. The Labute approximate surface area is 318 Å². The third-order valence-corrected chi connectivity index (χ3v) is 8.64. The fourth-order valence-electron chi connectivity index (χ4n) is 5.36. The van der Waals surface area contributed by atoms with Crippen LogP contribution in [0.15, 0.2) is 36.5 Å². The van der Waals surface area contributed by atoms with Crippen LogP contribution in [0.3, 0.4) is 0 Å². The highest BCUT2D eigenvalue weighted by Gasteiger charge is 2.21. The van der Waals surface area contributed by atoms with Gasteiger partial charge < -0.3 is 33.3 Å². The van der Waals surface area contributed by atoms with Gasteiger partial charge in [-0.2, -0.15) is 0 Å². The first-order chi connectivity index (χ1) is 25.1. The molecule has 0 heterocycles. The molecule has 0 saturated heterocycles. The van der Waals surface area contributed by atoms with Crippen molar-refractivity contribution in [1.29, 1.82) is 0 Å². The van der Waals surface area contributed by atoms with Gasteiger partial charge in [0.25, 0.3) is 0 Å². The molecule has 0 bridgehead atoms. The number of hydrogen-bond acceptors (Lipinski definition) is 8. The molecule has 0 radical (unpaired) electrons. The maximum Gasteiger partial charge on any atom is 0.306 e. The number of esters is 2. The molecule has 0 aromatic carbocycles. The molecule has 0 aliphatic carbocycles. The molecule has 0 aromatic rings. The normalized spacial score (nSPS) is 13.3. The van der Waals surface area contributed by atoms with Gasteiger partial charge in [0.05, 0.1) is 40.3 Å². The molecule has 0 amide bonds. The van der Waals surface area contributed by atoms with E-state index >= 15 is 0 Å². The summed E-state index contributed by atoms with van der Waals surface area (Å²) in [5.74, 6) is -2.31. The number of aliphatic carboxylic acids is 1. The van der Waals surface area contributed by atoms with Crippen molar-refractivity contribution < 1.29 is 42.9 Å². The zero-order valence-electron chi connectivity index (χ0n) is 33.9. The number of carboxylic acid groups (broad SMARTS) is 1. The van der Waals surface area contributed by atoms with Gasteiger partial charge in [-0.25, -0.2) is 0 Å². The van der Waals surface area contributed by atoms with Crippen molar-refractivity contribution >= 4 is 17.9 Å².